The fourth-order valence-corrected chi connectivity index (χ4v) is 3.78. The molecule has 1 fully saturated rings. The summed E-state index contributed by atoms with van der Waals surface area (Å²) in [5.41, 5.74) is 2.61. The molecule has 0 bridgehead atoms. The Morgan fingerprint density at radius 2 is 1.76 bits per heavy atom. The van der Waals surface area contributed by atoms with Gasteiger partial charge in [0, 0.05) is 41.8 Å². The second-order valence-corrected chi connectivity index (χ2v) is 7.65. The molecule has 0 spiro atoms. The lowest BCUT2D eigenvalue weighted by Gasteiger charge is -2.15. The van der Waals surface area contributed by atoms with Crippen LogP contribution in [0.15, 0.2) is 53.5 Å². The van der Waals surface area contributed by atoms with E-state index in [1.165, 1.54) is 32.5 Å². The smallest absolute Gasteiger partial charge is 0.277 e. The molecule has 9 heteroatoms. The third-order valence-corrected chi connectivity index (χ3v) is 5.52. The zero-order chi connectivity index (χ0) is 23.4. The summed E-state index contributed by atoms with van der Waals surface area (Å²) >= 11 is 0. The highest BCUT2D eigenvalue weighted by molar-refractivity contribution is 6.07. The lowest BCUT2D eigenvalue weighted by molar-refractivity contribution is 0.0858. The van der Waals surface area contributed by atoms with E-state index in [1.807, 2.05) is 0 Å². The first-order chi connectivity index (χ1) is 16.0. The van der Waals surface area contributed by atoms with Crippen molar-refractivity contribution >= 4 is 22.6 Å². The van der Waals surface area contributed by atoms with Gasteiger partial charge in [0.15, 0.2) is 0 Å². The number of fused-ring (bicyclic) bond motifs is 1. The maximum Gasteiger partial charge on any atom is 0.277 e. The van der Waals surface area contributed by atoms with Crippen LogP contribution in [-0.4, -0.2) is 50.0 Å². The summed E-state index contributed by atoms with van der Waals surface area (Å²) in [4.78, 5) is 38.9. The molecule has 9 nitrogen and oxygen atoms in total. The monoisotopic (exact) mass is 451 g/mol. The van der Waals surface area contributed by atoms with E-state index in [0.29, 0.717) is 35.4 Å². The molecule has 2 heterocycles. The van der Waals surface area contributed by atoms with Crippen LogP contribution in [0.4, 0.5) is 0 Å². The zero-order valence-corrected chi connectivity index (χ0v) is 18.4. The zero-order valence-electron chi connectivity index (χ0n) is 18.4. The van der Waals surface area contributed by atoms with Gasteiger partial charge in [-0.2, -0.15) is 0 Å². The molecular weight excluding hydrogens is 426 g/mol. The molecule has 1 saturated heterocycles. The Morgan fingerprint density at radius 3 is 2.39 bits per heavy atom. The maximum atomic E-state index is 13.0. The van der Waals surface area contributed by atoms with Crippen molar-refractivity contribution in [1.82, 2.24) is 9.99 Å². The van der Waals surface area contributed by atoms with Gasteiger partial charge in [0.05, 0.1) is 25.9 Å². The predicted octanol–water partition coefficient (Wildman–Crippen LogP) is 2.31. The summed E-state index contributed by atoms with van der Waals surface area (Å²) in [6, 6.07) is 11.5. The van der Waals surface area contributed by atoms with Crippen LogP contribution in [0.1, 0.15) is 33.6 Å². The lowest BCUT2D eigenvalue weighted by Crippen LogP contribution is -2.36. The van der Waals surface area contributed by atoms with E-state index < -0.39 is 11.5 Å². The van der Waals surface area contributed by atoms with Gasteiger partial charge in [-0.3, -0.25) is 19.8 Å². The molecule has 1 aliphatic heterocycles. The second-order valence-electron chi connectivity index (χ2n) is 7.65. The van der Waals surface area contributed by atoms with E-state index in [-0.39, 0.29) is 23.1 Å². The highest BCUT2D eigenvalue weighted by Gasteiger charge is 2.20. The number of amides is 2. The molecule has 4 rings (SSSR count). The number of methoxy groups -OCH3 is 2. The number of carbonyl (C=O) groups excluding carboxylic acids is 2. The Labute approximate surface area is 190 Å². The van der Waals surface area contributed by atoms with Crippen LogP contribution < -0.4 is 25.8 Å². The quantitative estimate of drug-likeness (QED) is 0.571. The minimum atomic E-state index is -0.560. The Bertz CT molecular complexity index is 1220. The van der Waals surface area contributed by atoms with Crippen molar-refractivity contribution in [3.8, 4) is 11.5 Å². The number of hydrogen-bond acceptors (Lipinski definition) is 6. The minimum Gasteiger partial charge on any atom is -0.497 e. The minimum absolute atomic E-state index is 0.0196. The van der Waals surface area contributed by atoms with Gasteiger partial charge in [-0.25, -0.2) is 4.68 Å². The van der Waals surface area contributed by atoms with E-state index in [0.717, 1.165) is 17.5 Å². The highest BCUT2D eigenvalue weighted by atomic mass is 16.5. The van der Waals surface area contributed by atoms with E-state index >= 15 is 0 Å². The normalized spacial score (nSPS) is 15.3. The number of pyridine rings is 1. The molecule has 2 N–H and O–H groups in total. The van der Waals surface area contributed by atoms with Crippen LogP contribution in [0.5, 0.6) is 11.5 Å². The standard InChI is InChI=1S/C24H25N3O6/c1-31-17-10-15(11-18(12-17)32-2)22(28)26-27-14-21(19-7-3-4-8-20(19)24(27)30)23(29)25-13-16-6-5-9-33-16/h3-4,7-8,10-12,14,16H,5-6,9,13H2,1-2H3,(H,25,29)(H,26,28)/t16-/m0/s1. The number of ether oxygens (including phenoxy) is 3. The van der Waals surface area contributed by atoms with Crippen molar-refractivity contribution in [2.24, 2.45) is 0 Å². The second kappa shape index (κ2) is 9.74. The molecule has 2 aromatic carbocycles. The van der Waals surface area contributed by atoms with Crippen LogP contribution in [0.2, 0.25) is 0 Å². The number of rotatable bonds is 7. The summed E-state index contributed by atoms with van der Waals surface area (Å²) in [5.74, 6) is -0.0536. The SMILES string of the molecule is COc1cc(OC)cc(C(=O)Nn2cc(C(=O)NC[C@@H]3CCCO3)c3ccccc3c2=O)c1. The molecule has 2 amide bonds. The molecular formula is C24H25N3O6. The fraction of sp³-hybridized carbons (Fsp3) is 0.292. The molecule has 1 aromatic heterocycles. The summed E-state index contributed by atoms with van der Waals surface area (Å²) in [6.45, 7) is 1.07. The molecule has 1 aliphatic rings. The topological polar surface area (TPSA) is 108 Å². The van der Waals surface area contributed by atoms with Gasteiger partial charge in [0.2, 0.25) is 0 Å². The highest BCUT2D eigenvalue weighted by Crippen LogP contribution is 2.23. The molecule has 0 aliphatic carbocycles. The van der Waals surface area contributed by atoms with E-state index in [2.05, 4.69) is 10.7 Å². The van der Waals surface area contributed by atoms with Crippen molar-refractivity contribution in [3.05, 3.63) is 70.1 Å². The van der Waals surface area contributed by atoms with Crippen LogP contribution in [0.25, 0.3) is 10.8 Å². The molecule has 3 aromatic rings. The van der Waals surface area contributed by atoms with Crippen molar-refractivity contribution in [2.75, 3.05) is 32.8 Å². The van der Waals surface area contributed by atoms with Gasteiger partial charge in [0.1, 0.15) is 11.5 Å². The number of benzene rings is 2. The molecule has 172 valence electrons. The van der Waals surface area contributed by atoms with Crippen LogP contribution >= 0.6 is 0 Å². The third kappa shape index (κ3) is 4.83. The Hall–Kier alpha value is -3.85. The lowest BCUT2D eigenvalue weighted by atomic mass is 10.1. The third-order valence-electron chi connectivity index (χ3n) is 5.52. The van der Waals surface area contributed by atoms with Crippen molar-refractivity contribution in [2.45, 2.75) is 18.9 Å². The molecule has 1 atom stereocenters. The van der Waals surface area contributed by atoms with E-state index in [9.17, 15) is 14.4 Å². The van der Waals surface area contributed by atoms with Gasteiger partial charge in [-0.1, -0.05) is 18.2 Å². The molecule has 0 radical (unpaired) electrons. The molecule has 33 heavy (non-hydrogen) atoms. The molecule has 0 saturated carbocycles. The first-order valence-corrected chi connectivity index (χ1v) is 10.6. The summed E-state index contributed by atoms with van der Waals surface area (Å²) in [5, 5.41) is 3.68. The molecule has 0 unspecified atom stereocenters. The van der Waals surface area contributed by atoms with Gasteiger partial charge < -0.3 is 19.5 Å². The number of nitrogens with one attached hydrogen (secondary N) is 2. The number of hydrogen-bond donors (Lipinski definition) is 2. The van der Waals surface area contributed by atoms with Crippen LogP contribution in [-0.2, 0) is 4.74 Å². The van der Waals surface area contributed by atoms with E-state index in [4.69, 9.17) is 14.2 Å². The van der Waals surface area contributed by atoms with Gasteiger partial charge in [-0.15, -0.1) is 0 Å². The summed E-state index contributed by atoms with van der Waals surface area (Å²) in [6.07, 6.45) is 3.18. The Kier molecular flexibility index (Phi) is 6.60. The van der Waals surface area contributed by atoms with Crippen molar-refractivity contribution < 1.29 is 23.8 Å². The van der Waals surface area contributed by atoms with Crippen molar-refractivity contribution in [1.29, 1.82) is 0 Å². The number of carbonyl (C=O) groups is 2. The number of aromatic nitrogens is 1. The van der Waals surface area contributed by atoms with Crippen molar-refractivity contribution in [3.63, 3.8) is 0 Å². The van der Waals surface area contributed by atoms with Gasteiger partial charge in [0.25, 0.3) is 17.4 Å². The predicted molar refractivity (Wildman–Crippen MR) is 123 cm³/mol. The summed E-state index contributed by atoms with van der Waals surface area (Å²) < 4.78 is 17.0. The average molecular weight is 451 g/mol. The average Bonchev–Trinajstić information content (AvgIpc) is 3.37. The maximum absolute atomic E-state index is 13.0. The van der Waals surface area contributed by atoms with Crippen LogP contribution in [0.3, 0.4) is 0 Å². The first kappa shape index (κ1) is 22.3. The largest absolute Gasteiger partial charge is 0.497 e. The Balaban J connectivity index is 1.66. The number of nitrogens with zero attached hydrogens (tertiary/aromatic N) is 1. The van der Waals surface area contributed by atoms with Gasteiger partial charge >= 0.3 is 0 Å². The van der Waals surface area contributed by atoms with E-state index in [1.54, 1.807) is 30.3 Å². The first-order valence-electron chi connectivity index (χ1n) is 10.6. The fourth-order valence-electron chi connectivity index (χ4n) is 3.78. The van der Waals surface area contributed by atoms with Crippen LogP contribution in [0, 0.1) is 0 Å². The summed E-state index contributed by atoms with van der Waals surface area (Å²) in [7, 11) is 2.96. The van der Waals surface area contributed by atoms with Gasteiger partial charge in [-0.05, 0) is 31.0 Å². The Morgan fingerprint density at radius 1 is 1.06 bits per heavy atom.